The van der Waals surface area contributed by atoms with Crippen LogP contribution < -0.4 is 10.7 Å². The Morgan fingerprint density at radius 1 is 1.05 bits per heavy atom. The number of hydrogen-bond donors (Lipinski definition) is 1. The van der Waals surface area contributed by atoms with Crippen molar-refractivity contribution in [1.29, 1.82) is 0 Å². The minimum atomic E-state index is -0.557. The molecular weight excluding hydrogens is 515 g/mol. The van der Waals surface area contributed by atoms with Crippen LogP contribution in [0.1, 0.15) is 48.5 Å². The zero-order valence-electron chi connectivity index (χ0n) is 20.3. The van der Waals surface area contributed by atoms with E-state index in [1.54, 1.807) is 0 Å². The Hall–Kier alpha value is -3.07. The highest BCUT2D eigenvalue weighted by molar-refractivity contribution is 6.39. The van der Waals surface area contributed by atoms with Gasteiger partial charge in [-0.2, -0.15) is 0 Å². The van der Waals surface area contributed by atoms with E-state index in [2.05, 4.69) is 36.9 Å². The molecule has 6 rings (SSSR count). The van der Waals surface area contributed by atoms with E-state index in [9.17, 15) is 4.79 Å². The first-order chi connectivity index (χ1) is 18.0. The molecule has 0 unspecified atom stereocenters. The Kier molecular flexibility index (Phi) is 6.56. The average Bonchev–Trinajstić information content (AvgIpc) is 3.52. The van der Waals surface area contributed by atoms with Crippen molar-refractivity contribution in [3.63, 3.8) is 0 Å². The first-order valence-corrected chi connectivity index (χ1v) is 13.2. The molecule has 4 aromatic rings. The minimum Gasteiger partial charge on any atom is -0.373 e. The summed E-state index contributed by atoms with van der Waals surface area (Å²) in [4.78, 5) is 16.3. The fourth-order valence-corrected chi connectivity index (χ4v) is 5.56. The second kappa shape index (κ2) is 10.0. The summed E-state index contributed by atoms with van der Waals surface area (Å²) in [5.41, 5.74) is 5.34. The van der Waals surface area contributed by atoms with E-state index in [0.29, 0.717) is 39.7 Å². The number of H-pyrrole nitrogens is 1. The maximum absolute atomic E-state index is 11.3. The summed E-state index contributed by atoms with van der Waals surface area (Å²) in [6.45, 7) is 4.18. The van der Waals surface area contributed by atoms with Gasteiger partial charge in [0.15, 0.2) is 5.82 Å². The Bertz CT molecular complexity index is 1460. The highest BCUT2D eigenvalue weighted by atomic mass is 35.5. The zero-order valence-corrected chi connectivity index (χ0v) is 21.8. The Morgan fingerprint density at radius 3 is 2.46 bits per heavy atom. The normalized spacial score (nSPS) is 16.5. The molecule has 0 atom stereocenters. The van der Waals surface area contributed by atoms with Gasteiger partial charge in [-0.05, 0) is 68.5 Å². The number of nitrogens with zero attached hydrogens (tertiary/aromatic N) is 3. The number of benzene rings is 2. The first-order valence-electron chi connectivity index (χ1n) is 12.4. The number of hydrogen-bond acceptors (Lipinski definition) is 7. The van der Waals surface area contributed by atoms with Crippen LogP contribution in [-0.2, 0) is 11.3 Å². The van der Waals surface area contributed by atoms with Crippen molar-refractivity contribution in [2.75, 3.05) is 18.0 Å². The molecule has 37 heavy (non-hydrogen) atoms. The van der Waals surface area contributed by atoms with Crippen LogP contribution >= 0.6 is 23.2 Å². The fraction of sp³-hybridized carbons (Fsp3) is 0.370. The number of aromatic nitrogens is 3. The molecular formula is C27H26Cl2N4O4. The second-order valence-electron chi connectivity index (χ2n) is 9.69. The molecule has 8 nitrogen and oxygen atoms in total. The van der Waals surface area contributed by atoms with E-state index in [-0.39, 0.29) is 6.10 Å². The van der Waals surface area contributed by atoms with Crippen molar-refractivity contribution in [2.45, 2.75) is 51.2 Å². The molecule has 192 valence electrons. The number of aromatic amines is 1. The average molecular weight is 541 g/mol. The lowest BCUT2D eigenvalue weighted by Gasteiger charge is -2.34. The number of ether oxygens (including phenoxy) is 1. The highest BCUT2D eigenvalue weighted by Gasteiger charge is 2.34. The molecule has 1 saturated carbocycles. The van der Waals surface area contributed by atoms with Gasteiger partial charge in [-0.3, -0.25) is 9.51 Å². The number of halogens is 2. The van der Waals surface area contributed by atoms with Crippen LogP contribution in [0, 0.1) is 6.92 Å². The fourth-order valence-electron chi connectivity index (χ4n) is 4.99. The Labute approximate surface area is 223 Å². The molecule has 2 aliphatic rings. The minimum absolute atomic E-state index is 0.133. The lowest BCUT2D eigenvalue weighted by molar-refractivity contribution is 0.0246. The highest BCUT2D eigenvalue weighted by Crippen LogP contribution is 2.46. The molecule has 1 N–H and O–H groups in total. The third-order valence-corrected chi connectivity index (χ3v) is 7.77. The topological polar surface area (TPSA) is 97.4 Å². The molecule has 0 radical (unpaired) electrons. The largest absolute Gasteiger partial charge is 0.439 e. The van der Waals surface area contributed by atoms with Crippen molar-refractivity contribution in [1.82, 2.24) is 15.3 Å². The summed E-state index contributed by atoms with van der Waals surface area (Å²) >= 11 is 13.0. The van der Waals surface area contributed by atoms with Gasteiger partial charge >= 0.3 is 5.76 Å². The molecule has 0 bridgehead atoms. The summed E-state index contributed by atoms with van der Waals surface area (Å²) in [7, 11) is 0. The van der Waals surface area contributed by atoms with Crippen LogP contribution in [0.5, 0.6) is 0 Å². The number of piperidine rings is 1. The number of aryl methyl sites for hydroxylation is 1. The monoisotopic (exact) mass is 540 g/mol. The third-order valence-electron chi connectivity index (χ3n) is 7.14. The summed E-state index contributed by atoms with van der Waals surface area (Å²) in [6.07, 6.45) is 4.14. The maximum atomic E-state index is 11.3. The van der Waals surface area contributed by atoms with Crippen LogP contribution in [0.3, 0.4) is 0 Å². The van der Waals surface area contributed by atoms with Gasteiger partial charge < -0.3 is 14.2 Å². The first kappa shape index (κ1) is 24.3. The Balaban J connectivity index is 1.12. The van der Waals surface area contributed by atoms with Gasteiger partial charge in [0.25, 0.3) is 0 Å². The van der Waals surface area contributed by atoms with E-state index < -0.39 is 5.76 Å². The van der Waals surface area contributed by atoms with Crippen molar-refractivity contribution in [3.05, 3.63) is 73.9 Å². The third kappa shape index (κ3) is 4.93. The van der Waals surface area contributed by atoms with Crippen molar-refractivity contribution in [3.8, 4) is 22.6 Å². The molecule has 1 aliphatic carbocycles. The molecule has 10 heteroatoms. The van der Waals surface area contributed by atoms with Gasteiger partial charge in [0, 0.05) is 41.4 Å². The van der Waals surface area contributed by atoms with E-state index in [0.717, 1.165) is 66.9 Å². The summed E-state index contributed by atoms with van der Waals surface area (Å²) in [5, 5.41) is 9.26. The molecule has 2 fully saturated rings. The van der Waals surface area contributed by atoms with Crippen molar-refractivity contribution < 1.29 is 13.8 Å². The van der Waals surface area contributed by atoms with Crippen molar-refractivity contribution in [2.24, 2.45) is 0 Å². The zero-order chi connectivity index (χ0) is 25.5. The second-order valence-corrected chi connectivity index (χ2v) is 10.5. The quantitative estimate of drug-likeness (QED) is 0.291. The van der Waals surface area contributed by atoms with Crippen LogP contribution in [0.15, 0.2) is 50.2 Å². The van der Waals surface area contributed by atoms with Crippen LogP contribution in [0.4, 0.5) is 5.69 Å². The SMILES string of the molecule is Cc1cc(N2CCC(OCc3c(-c4c(Cl)cccc4Cl)noc3C3CC3)CC2)ccc1-c1noc(=O)[nH]1. The standard InChI is InChI=1S/C27H26Cl2N4O4/c1-15-13-17(7-8-19(15)26-30-27(34)37-32-26)33-11-9-18(10-12-33)35-14-20-24(31-36-25(20)16-5-6-16)23-21(28)3-2-4-22(23)29/h2-4,7-8,13,16,18H,5-6,9-12,14H2,1H3,(H,30,32,34). The van der Waals surface area contributed by atoms with E-state index >= 15 is 0 Å². The molecule has 2 aromatic carbocycles. The predicted molar refractivity (Wildman–Crippen MR) is 141 cm³/mol. The summed E-state index contributed by atoms with van der Waals surface area (Å²) in [5.74, 6) is 1.17. The van der Waals surface area contributed by atoms with Crippen molar-refractivity contribution >= 4 is 28.9 Å². The van der Waals surface area contributed by atoms with Crippen LogP contribution in [0.25, 0.3) is 22.6 Å². The molecule has 0 spiro atoms. The molecule has 1 saturated heterocycles. The molecule has 0 amide bonds. The van der Waals surface area contributed by atoms with E-state index in [1.165, 1.54) is 0 Å². The lowest BCUT2D eigenvalue weighted by atomic mass is 10.0. The van der Waals surface area contributed by atoms with Gasteiger partial charge in [0.2, 0.25) is 0 Å². The van der Waals surface area contributed by atoms with Gasteiger partial charge in [-0.15, -0.1) is 0 Å². The van der Waals surface area contributed by atoms with Gasteiger partial charge in [0.1, 0.15) is 11.5 Å². The van der Waals surface area contributed by atoms with Gasteiger partial charge in [-0.1, -0.05) is 39.6 Å². The van der Waals surface area contributed by atoms with E-state index in [1.807, 2.05) is 31.2 Å². The molecule has 1 aliphatic heterocycles. The smallest absolute Gasteiger partial charge is 0.373 e. The predicted octanol–water partition coefficient (Wildman–Crippen LogP) is 6.36. The maximum Gasteiger partial charge on any atom is 0.439 e. The number of anilines is 1. The lowest BCUT2D eigenvalue weighted by Crippen LogP contribution is -2.37. The van der Waals surface area contributed by atoms with Gasteiger partial charge in [-0.25, -0.2) is 4.79 Å². The van der Waals surface area contributed by atoms with Crippen LogP contribution in [0.2, 0.25) is 10.0 Å². The number of rotatable bonds is 7. The van der Waals surface area contributed by atoms with E-state index in [4.69, 9.17) is 32.5 Å². The van der Waals surface area contributed by atoms with Gasteiger partial charge in [0.05, 0.1) is 22.8 Å². The summed E-state index contributed by atoms with van der Waals surface area (Å²) < 4.78 is 16.8. The summed E-state index contributed by atoms with van der Waals surface area (Å²) in [6, 6.07) is 11.6. The number of nitrogens with one attached hydrogen (secondary N) is 1. The Morgan fingerprint density at radius 2 is 1.81 bits per heavy atom. The molecule has 2 aromatic heterocycles. The van der Waals surface area contributed by atoms with Crippen LogP contribution in [-0.4, -0.2) is 34.5 Å². The molecule has 3 heterocycles.